The zero-order chi connectivity index (χ0) is 16.2. The van der Waals surface area contributed by atoms with Gasteiger partial charge in [-0.15, -0.1) is 0 Å². The van der Waals surface area contributed by atoms with Crippen LogP contribution in [0.25, 0.3) is 0 Å². The number of hydrogen-bond donors (Lipinski definition) is 1. The third kappa shape index (κ3) is 2.03. The summed E-state index contributed by atoms with van der Waals surface area (Å²) in [6.45, 7) is 2.30. The molecular formula is C20H22O3. The lowest BCUT2D eigenvalue weighted by atomic mass is 9.90. The molecule has 0 heterocycles. The third-order valence-electron chi connectivity index (χ3n) is 5.89. The first-order valence-corrected chi connectivity index (χ1v) is 8.11. The van der Waals surface area contributed by atoms with Crippen LogP contribution in [-0.4, -0.2) is 19.3 Å². The molecule has 0 aliphatic heterocycles. The summed E-state index contributed by atoms with van der Waals surface area (Å²) in [5.41, 5.74) is 3.83. The van der Waals surface area contributed by atoms with Gasteiger partial charge >= 0.3 is 0 Å². The van der Waals surface area contributed by atoms with Gasteiger partial charge in [0, 0.05) is 17.0 Å². The minimum atomic E-state index is 0.108. The van der Waals surface area contributed by atoms with Gasteiger partial charge in [-0.05, 0) is 54.0 Å². The minimum absolute atomic E-state index is 0.108. The molecule has 2 aliphatic carbocycles. The Morgan fingerprint density at radius 3 is 2.48 bits per heavy atom. The van der Waals surface area contributed by atoms with Gasteiger partial charge in [0.25, 0.3) is 0 Å². The SMILES string of the molecule is COc1cc(CC2C3Cc4cccc(O)c4C23C)cc(OC)c1. The number of hydrogen-bond acceptors (Lipinski definition) is 3. The lowest BCUT2D eigenvalue weighted by Crippen LogP contribution is -2.08. The van der Waals surface area contributed by atoms with Gasteiger partial charge in [-0.1, -0.05) is 19.1 Å². The Balaban J connectivity index is 1.63. The van der Waals surface area contributed by atoms with E-state index in [4.69, 9.17) is 9.47 Å². The van der Waals surface area contributed by atoms with Crippen LogP contribution in [-0.2, 0) is 18.3 Å². The highest BCUT2D eigenvalue weighted by Gasteiger charge is 2.66. The first kappa shape index (κ1) is 14.4. The lowest BCUT2D eigenvalue weighted by Gasteiger charge is -2.16. The second-order valence-electron chi connectivity index (χ2n) is 6.94. The van der Waals surface area contributed by atoms with E-state index in [1.54, 1.807) is 14.2 Å². The number of benzene rings is 2. The van der Waals surface area contributed by atoms with E-state index in [1.807, 2.05) is 18.2 Å². The highest BCUT2D eigenvalue weighted by molar-refractivity contribution is 5.56. The maximum atomic E-state index is 10.3. The van der Waals surface area contributed by atoms with Crippen molar-refractivity contribution in [2.24, 2.45) is 11.8 Å². The number of rotatable bonds is 4. The molecule has 23 heavy (non-hydrogen) atoms. The van der Waals surface area contributed by atoms with E-state index in [2.05, 4.69) is 25.1 Å². The molecule has 0 saturated heterocycles. The maximum absolute atomic E-state index is 10.3. The molecule has 3 atom stereocenters. The molecule has 1 fully saturated rings. The van der Waals surface area contributed by atoms with Crippen molar-refractivity contribution in [1.82, 2.24) is 0 Å². The molecule has 1 saturated carbocycles. The molecular weight excluding hydrogens is 288 g/mol. The molecule has 3 heteroatoms. The zero-order valence-electron chi connectivity index (χ0n) is 13.8. The molecule has 2 aromatic carbocycles. The van der Waals surface area contributed by atoms with Gasteiger partial charge in [0.2, 0.25) is 0 Å². The van der Waals surface area contributed by atoms with Crippen molar-refractivity contribution in [3.8, 4) is 17.2 Å². The molecule has 2 aliphatic rings. The van der Waals surface area contributed by atoms with Gasteiger partial charge in [-0.25, -0.2) is 0 Å². The standard InChI is InChI=1S/C20H22O3/c1-20-16(9-12-7-14(22-2)11-15(8-12)23-3)17(20)10-13-5-4-6-18(21)19(13)20/h4-8,11,16-17,21H,9-10H2,1-3H3. The summed E-state index contributed by atoms with van der Waals surface area (Å²) < 4.78 is 10.7. The predicted molar refractivity (Wildman–Crippen MR) is 89.4 cm³/mol. The van der Waals surface area contributed by atoms with E-state index in [0.717, 1.165) is 24.3 Å². The van der Waals surface area contributed by atoms with Gasteiger partial charge in [0.05, 0.1) is 14.2 Å². The van der Waals surface area contributed by atoms with E-state index >= 15 is 0 Å². The minimum Gasteiger partial charge on any atom is -0.508 e. The monoisotopic (exact) mass is 310 g/mol. The number of phenols is 1. The Morgan fingerprint density at radius 2 is 1.83 bits per heavy atom. The zero-order valence-corrected chi connectivity index (χ0v) is 13.8. The molecule has 3 nitrogen and oxygen atoms in total. The van der Waals surface area contributed by atoms with Crippen LogP contribution < -0.4 is 9.47 Å². The van der Waals surface area contributed by atoms with Crippen molar-refractivity contribution in [3.05, 3.63) is 53.1 Å². The van der Waals surface area contributed by atoms with Crippen molar-refractivity contribution >= 4 is 0 Å². The first-order chi connectivity index (χ1) is 11.1. The molecule has 0 spiro atoms. The molecule has 2 aromatic rings. The van der Waals surface area contributed by atoms with Crippen molar-refractivity contribution in [2.75, 3.05) is 14.2 Å². The van der Waals surface area contributed by atoms with Crippen molar-refractivity contribution in [3.63, 3.8) is 0 Å². The maximum Gasteiger partial charge on any atom is 0.122 e. The van der Waals surface area contributed by atoms with Gasteiger partial charge < -0.3 is 14.6 Å². The average Bonchev–Trinajstić information content (AvgIpc) is 2.95. The van der Waals surface area contributed by atoms with Crippen LogP contribution in [0.1, 0.15) is 23.6 Å². The molecule has 0 radical (unpaired) electrons. The van der Waals surface area contributed by atoms with E-state index < -0.39 is 0 Å². The van der Waals surface area contributed by atoms with Crippen LogP contribution in [0.4, 0.5) is 0 Å². The third-order valence-corrected chi connectivity index (χ3v) is 5.89. The van der Waals surface area contributed by atoms with E-state index in [0.29, 0.717) is 17.6 Å². The average molecular weight is 310 g/mol. The summed E-state index contributed by atoms with van der Waals surface area (Å²) in [5, 5.41) is 10.3. The molecule has 0 amide bonds. The Bertz CT molecular complexity index is 745. The van der Waals surface area contributed by atoms with Crippen LogP contribution in [0.15, 0.2) is 36.4 Å². The normalized spacial score (nSPS) is 27.3. The summed E-state index contributed by atoms with van der Waals surface area (Å²) in [5.74, 6) is 3.32. The van der Waals surface area contributed by atoms with Gasteiger partial charge in [-0.3, -0.25) is 0 Å². The number of phenolic OH excluding ortho intramolecular Hbond substituents is 1. The van der Waals surface area contributed by atoms with Gasteiger partial charge in [0.1, 0.15) is 17.2 Å². The van der Waals surface area contributed by atoms with E-state index in [9.17, 15) is 5.11 Å². The van der Waals surface area contributed by atoms with Gasteiger partial charge in [0.15, 0.2) is 0 Å². The van der Waals surface area contributed by atoms with Gasteiger partial charge in [-0.2, -0.15) is 0 Å². The lowest BCUT2D eigenvalue weighted by molar-refractivity contribution is 0.393. The summed E-state index contributed by atoms with van der Waals surface area (Å²) in [4.78, 5) is 0. The van der Waals surface area contributed by atoms with Crippen LogP contribution in [0, 0.1) is 11.8 Å². The van der Waals surface area contributed by atoms with Crippen LogP contribution in [0.3, 0.4) is 0 Å². The molecule has 0 bridgehead atoms. The Hall–Kier alpha value is -2.16. The molecule has 4 rings (SSSR count). The molecule has 0 aromatic heterocycles. The Morgan fingerprint density at radius 1 is 1.13 bits per heavy atom. The van der Waals surface area contributed by atoms with E-state index in [-0.39, 0.29) is 5.41 Å². The molecule has 120 valence electrons. The topological polar surface area (TPSA) is 38.7 Å². The second-order valence-corrected chi connectivity index (χ2v) is 6.94. The van der Waals surface area contributed by atoms with E-state index in [1.165, 1.54) is 16.7 Å². The molecule has 3 unspecified atom stereocenters. The smallest absolute Gasteiger partial charge is 0.122 e. The fraction of sp³-hybridized carbons (Fsp3) is 0.400. The van der Waals surface area contributed by atoms with Crippen molar-refractivity contribution in [2.45, 2.75) is 25.2 Å². The quantitative estimate of drug-likeness (QED) is 0.935. The summed E-state index contributed by atoms with van der Waals surface area (Å²) >= 11 is 0. The Labute approximate surface area is 136 Å². The summed E-state index contributed by atoms with van der Waals surface area (Å²) in [6, 6.07) is 12.0. The van der Waals surface area contributed by atoms with Crippen LogP contribution in [0.2, 0.25) is 0 Å². The largest absolute Gasteiger partial charge is 0.508 e. The van der Waals surface area contributed by atoms with Crippen molar-refractivity contribution < 1.29 is 14.6 Å². The Kier molecular flexibility index (Phi) is 3.09. The second kappa shape index (κ2) is 4.92. The van der Waals surface area contributed by atoms with Crippen LogP contribution in [0.5, 0.6) is 17.2 Å². The number of methoxy groups -OCH3 is 2. The predicted octanol–water partition coefficient (Wildman–Crippen LogP) is 3.71. The fourth-order valence-electron chi connectivity index (χ4n) is 4.63. The van der Waals surface area contributed by atoms with Crippen LogP contribution >= 0.6 is 0 Å². The highest BCUT2D eigenvalue weighted by Crippen LogP contribution is 2.68. The summed E-state index contributed by atoms with van der Waals surface area (Å²) in [6.07, 6.45) is 2.06. The first-order valence-electron chi connectivity index (χ1n) is 8.11. The highest BCUT2D eigenvalue weighted by atomic mass is 16.5. The van der Waals surface area contributed by atoms with Crippen molar-refractivity contribution in [1.29, 1.82) is 0 Å². The number of aromatic hydroxyl groups is 1. The number of ether oxygens (including phenoxy) is 2. The fourth-order valence-corrected chi connectivity index (χ4v) is 4.63. The molecule has 1 N–H and O–H groups in total. The number of fused-ring (bicyclic) bond motifs is 3. The summed E-state index contributed by atoms with van der Waals surface area (Å²) in [7, 11) is 3.36.